The summed E-state index contributed by atoms with van der Waals surface area (Å²) in [6.45, 7) is 32.9. The summed E-state index contributed by atoms with van der Waals surface area (Å²) in [4.78, 5) is 0. The molecular weight excluding hydrogens is 396 g/mol. The predicted molar refractivity (Wildman–Crippen MR) is 158 cm³/mol. The van der Waals surface area contributed by atoms with E-state index >= 15 is 0 Å². The SMILES string of the molecule is C#Cc1ccc(C)c(C)c1.C=C(C)CC.C=CCC(C)(C)C.CC.CC1CCC1.CCCC. The number of hydrogen-bond donors (Lipinski definition) is 0. The van der Waals surface area contributed by atoms with Crippen LogP contribution in [0.25, 0.3) is 0 Å². The molecule has 192 valence electrons. The highest BCUT2D eigenvalue weighted by molar-refractivity contribution is 5.38. The van der Waals surface area contributed by atoms with Gasteiger partial charge in [-0.05, 0) is 68.2 Å². The van der Waals surface area contributed by atoms with Crippen molar-refractivity contribution in [2.75, 3.05) is 0 Å². The van der Waals surface area contributed by atoms with Crippen LogP contribution in [0.15, 0.2) is 43.0 Å². The third-order valence-electron chi connectivity index (χ3n) is 4.93. The summed E-state index contributed by atoms with van der Waals surface area (Å²) in [6.07, 6.45) is 16.5. The molecular formula is C33H60. The molecule has 0 heterocycles. The molecule has 1 aliphatic rings. The first-order valence-corrected chi connectivity index (χ1v) is 13.2. The van der Waals surface area contributed by atoms with E-state index in [1.54, 1.807) is 0 Å². The molecule has 0 N–H and O–H groups in total. The van der Waals surface area contributed by atoms with Crippen molar-refractivity contribution in [2.24, 2.45) is 11.3 Å². The number of benzene rings is 1. The van der Waals surface area contributed by atoms with Crippen LogP contribution in [0.2, 0.25) is 0 Å². The van der Waals surface area contributed by atoms with Crippen LogP contribution in [-0.4, -0.2) is 0 Å². The van der Waals surface area contributed by atoms with Gasteiger partial charge < -0.3 is 0 Å². The average Bonchev–Trinajstić information content (AvgIpc) is 2.76. The number of rotatable bonds is 3. The zero-order valence-electron chi connectivity index (χ0n) is 24.8. The first-order chi connectivity index (χ1) is 15.4. The second-order valence-corrected chi connectivity index (χ2v) is 9.84. The Balaban J connectivity index is -0.000000163. The molecule has 0 unspecified atom stereocenters. The Labute approximate surface area is 211 Å². The molecule has 1 aromatic rings. The maximum absolute atomic E-state index is 5.22. The van der Waals surface area contributed by atoms with Crippen molar-refractivity contribution >= 4 is 0 Å². The Morgan fingerprint density at radius 3 is 1.64 bits per heavy atom. The van der Waals surface area contributed by atoms with Gasteiger partial charge in [0.2, 0.25) is 0 Å². The highest BCUT2D eigenvalue weighted by atomic mass is 14.1. The van der Waals surface area contributed by atoms with E-state index in [-0.39, 0.29) is 0 Å². The molecule has 0 bridgehead atoms. The molecule has 33 heavy (non-hydrogen) atoms. The van der Waals surface area contributed by atoms with E-state index in [1.165, 1.54) is 48.8 Å². The van der Waals surface area contributed by atoms with Gasteiger partial charge in [-0.2, -0.15) is 0 Å². The number of allylic oxidation sites excluding steroid dienone is 2. The molecule has 0 amide bonds. The van der Waals surface area contributed by atoms with Gasteiger partial charge >= 0.3 is 0 Å². The minimum absolute atomic E-state index is 0.432. The van der Waals surface area contributed by atoms with Crippen molar-refractivity contribution in [3.8, 4) is 12.3 Å². The third-order valence-corrected chi connectivity index (χ3v) is 4.93. The first kappa shape index (κ1) is 38.5. The average molecular weight is 457 g/mol. The molecule has 2 rings (SSSR count). The van der Waals surface area contributed by atoms with E-state index in [0.29, 0.717) is 5.41 Å². The van der Waals surface area contributed by atoms with Crippen molar-refractivity contribution in [2.45, 2.75) is 128 Å². The quantitative estimate of drug-likeness (QED) is 0.313. The van der Waals surface area contributed by atoms with Gasteiger partial charge in [0.25, 0.3) is 0 Å². The lowest BCUT2D eigenvalue weighted by Crippen LogP contribution is -2.04. The van der Waals surface area contributed by atoms with Crippen LogP contribution in [0.5, 0.6) is 0 Å². The lowest BCUT2D eigenvalue weighted by Gasteiger charge is -2.18. The van der Waals surface area contributed by atoms with Crippen LogP contribution in [-0.2, 0) is 0 Å². The van der Waals surface area contributed by atoms with Crippen LogP contribution < -0.4 is 0 Å². The fourth-order valence-electron chi connectivity index (χ4n) is 1.88. The van der Waals surface area contributed by atoms with Crippen LogP contribution in [0, 0.1) is 37.5 Å². The van der Waals surface area contributed by atoms with Crippen molar-refractivity contribution in [3.05, 3.63) is 59.7 Å². The molecule has 1 aromatic carbocycles. The molecule has 1 aliphatic carbocycles. The van der Waals surface area contributed by atoms with Gasteiger partial charge in [-0.1, -0.05) is 118 Å². The van der Waals surface area contributed by atoms with Gasteiger partial charge in [-0.3, -0.25) is 0 Å². The normalized spacial score (nSPS) is 11.2. The largest absolute Gasteiger partial charge is 0.115 e. The van der Waals surface area contributed by atoms with Crippen molar-refractivity contribution in [3.63, 3.8) is 0 Å². The number of terminal acetylenes is 1. The van der Waals surface area contributed by atoms with Crippen LogP contribution in [0.3, 0.4) is 0 Å². The second kappa shape index (κ2) is 26.5. The third kappa shape index (κ3) is 35.0. The molecule has 0 heteroatoms. The summed E-state index contributed by atoms with van der Waals surface area (Å²) in [5.74, 6) is 3.66. The molecule has 0 aromatic heterocycles. The summed E-state index contributed by atoms with van der Waals surface area (Å²) < 4.78 is 0. The van der Waals surface area contributed by atoms with Gasteiger partial charge in [0, 0.05) is 5.56 Å². The first-order valence-electron chi connectivity index (χ1n) is 13.2. The van der Waals surface area contributed by atoms with Crippen molar-refractivity contribution < 1.29 is 0 Å². The fourth-order valence-corrected chi connectivity index (χ4v) is 1.88. The van der Waals surface area contributed by atoms with E-state index < -0.39 is 0 Å². The highest BCUT2D eigenvalue weighted by Gasteiger charge is 2.09. The number of hydrogen-bond acceptors (Lipinski definition) is 0. The van der Waals surface area contributed by atoms with Crippen LogP contribution in [0.4, 0.5) is 0 Å². The predicted octanol–water partition coefficient (Wildman–Crippen LogP) is 11.5. The van der Waals surface area contributed by atoms with E-state index in [1.807, 2.05) is 45.0 Å². The smallest absolute Gasteiger partial charge is 0.0245 e. The van der Waals surface area contributed by atoms with Gasteiger partial charge in [0.05, 0.1) is 0 Å². The molecule has 0 spiro atoms. The molecule has 0 radical (unpaired) electrons. The van der Waals surface area contributed by atoms with Gasteiger partial charge in [-0.25, -0.2) is 0 Å². The number of aryl methyl sites for hydroxylation is 2. The Kier molecular flexibility index (Phi) is 30.9. The van der Waals surface area contributed by atoms with Crippen LogP contribution >= 0.6 is 0 Å². The standard InChI is InChI=1S/C10H10.C7H14.2C5H10.C4H10.C2H6/c1-4-10-6-5-8(2)9(3)7-10;1-5-6-7(2,3)4;1-5-3-2-4-5;1-4-5(2)3;1-3-4-2;1-2/h1,5-7H,2-3H3;5H,1,6H2,2-4H3;5H,2-4H2,1H3;2,4H2,1,3H3;3-4H2,1-2H3;1-2H3. The molecule has 1 saturated carbocycles. The Morgan fingerprint density at radius 1 is 1.06 bits per heavy atom. The Hall–Kier alpha value is -1.74. The van der Waals surface area contributed by atoms with Gasteiger partial charge in [0.1, 0.15) is 0 Å². The van der Waals surface area contributed by atoms with E-state index in [2.05, 4.69) is 81.4 Å². The van der Waals surface area contributed by atoms with Gasteiger partial charge in [-0.15, -0.1) is 19.6 Å². The molecule has 0 saturated heterocycles. The van der Waals surface area contributed by atoms with Gasteiger partial charge in [0.15, 0.2) is 0 Å². The molecule has 1 fully saturated rings. The highest BCUT2D eigenvalue weighted by Crippen LogP contribution is 2.24. The zero-order chi connectivity index (χ0) is 26.9. The van der Waals surface area contributed by atoms with E-state index in [0.717, 1.165) is 24.3 Å². The minimum atomic E-state index is 0.432. The maximum atomic E-state index is 5.22. The second-order valence-electron chi connectivity index (χ2n) is 9.84. The lowest BCUT2D eigenvalue weighted by atomic mass is 9.88. The van der Waals surface area contributed by atoms with Crippen LogP contribution in [0.1, 0.15) is 131 Å². The fraction of sp³-hybridized carbons (Fsp3) is 0.636. The molecule has 0 aliphatic heterocycles. The van der Waals surface area contributed by atoms with Crippen molar-refractivity contribution in [1.82, 2.24) is 0 Å². The number of unbranched alkanes of at least 4 members (excludes halogenated alkanes) is 1. The lowest BCUT2D eigenvalue weighted by molar-refractivity contribution is 0.346. The minimum Gasteiger partial charge on any atom is -0.115 e. The maximum Gasteiger partial charge on any atom is 0.0245 e. The zero-order valence-corrected chi connectivity index (χ0v) is 24.8. The summed E-state index contributed by atoms with van der Waals surface area (Å²) in [5, 5.41) is 0. The Morgan fingerprint density at radius 2 is 1.48 bits per heavy atom. The molecule has 0 nitrogen and oxygen atoms in total. The summed E-state index contributed by atoms with van der Waals surface area (Å²) >= 11 is 0. The van der Waals surface area contributed by atoms with E-state index in [4.69, 9.17) is 6.42 Å². The topological polar surface area (TPSA) is 0 Å². The monoisotopic (exact) mass is 456 g/mol. The molecule has 0 atom stereocenters. The summed E-state index contributed by atoms with van der Waals surface area (Å²) in [7, 11) is 0. The van der Waals surface area contributed by atoms with Crippen molar-refractivity contribution in [1.29, 1.82) is 0 Å². The summed E-state index contributed by atoms with van der Waals surface area (Å²) in [6, 6.07) is 6.03. The summed E-state index contributed by atoms with van der Waals surface area (Å²) in [5.41, 5.74) is 5.20. The van der Waals surface area contributed by atoms with E-state index in [9.17, 15) is 0 Å². The Bertz CT molecular complexity index is 598.